The van der Waals surface area contributed by atoms with Crippen LogP contribution in [0.3, 0.4) is 0 Å². The minimum absolute atomic E-state index is 0.0740. The first-order valence-corrected chi connectivity index (χ1v) is 6.93. The summed E-state index contributed by atoms with van der Waals surface area (Å²) in [6.45, 7) is 0.320. The van der Waals surface area contributed by atoms with E-state index in [1.807, 2.05) is 0 Å². The second-order valence-corrected chi connectivity index (χ2v) is 5.51. The Kier molecular flexibility index (Phi) is 4.44. The van der Waals surface area contributed by atoms with E-state index in [1.54, 1.807) is 4.90 Å². The number of nitrogens with zero attached hydrogens (tertiary/aromatic N) is 1. The van der Waals surface area contributed by atoms with Crippen molar-refractivity contribution in [3.63, 3.8) is 0 Å². The number of hydrogen-bond acceptors (Lipinski definition) is 4. The van der Waals surface area contributed by atoms with Gasteiger partial charge in [0.1, 0.15) is 6.04 Å². The fraction of sp³-hybridized carbons (Fsp3) is 0.692. The molecule has 2 rings (SSSR count). The molecule has 1 aliphatic heterocycles. The van der Waals surface area contributed by atoms with Crippen LogP contribution in [0.25, 0.3) is 0 Å². The molecule has 116 valence electrons. The number of carboxylic acid groups (broad SMARTS) is 2. The number of carboxylic acids is 2. The zero-order valence-corrected chi connectivity index (χ0v) is 11.4. The first-order valence-electron chi connectivity index (χ1n) is 6.93. The quantitative estimate of drug-likeness (QED) is 0.578. The average Bonchev–Trinajstić information content (AvgIpc) is 3.16. The van der Waals surface area contributed by atoms with Gasteiger partial charge in [-0.05, 0) is 19.3 Å². The number of likely N-dealkylation sites (tertiary alicyclic amines) is 1. The molecule has 1 saturated heterocycles. The van der Waals surface area contributed by atoms with Crippen LogP contribution in [0, 0.1) is 5.92 Å². The van der Waals surface area contributed by atoms with Gasteiger partial charge in [-0.2, -0.15) is 0 Å². The summed E-state index contributed by atoms with van der Waals surface area (Å²) in [4.78, 5) is 47.0. The molecule has 3 N–H and O–H groups in total. The van der Waals surface area contributed by atoms with E-state index in [0.29, 0.717) is 6.54 Å². The zero-order chi connectivity index (χ0) is 15.6. The Morgan fingerprint density at radius 3 is 2.48 bits per heavy atom. The van der Waals surface area contributed by atoms with Crippen LogP contribution >= 0.6 is 0 Å². The molecule has 0 bridgehead atoms. The Bertz CT molecular complexity index is 473. The predicted octanol–water partition coefficient (Wildman–Crippen LogP) is -0.568. The van der Waals surface area contributed by atoms with Crippen LogP contribution in [0.1, 0.15) is 32.1 Å². The third-order valence-electron chi connectivity index (χ3n) is 3.78. The van der Waals surface area contributed by atoms with Crippen LogP contribution < -0.4 is 5.32 Å². The van der Waals surface area contributed by atoms with E-state index in [9.17, 15) is 19.2 Å². The number of carbonyl (C=O) groups excluding carboxylic acids is 2. The Balaban J connectivity index is 1.88. The standard InChI is InChI=1S/C13H18N2O6/c16-10-5-7(6-15(10)8-1-2-8)12(19)14-9(13(20)21)3-4-11(17)18/h7-9H,1-6H2,(H,14,19)(H,17,18)(H,20,21)/t7?,9-/m0/s1. The van der Waals surface area contributed by atoms with Crippen molar-refractivity contribution in [2.45, 2.75) is 44.2 Å². The molecule has 0 aromatic rings. The molecule has 8 heteroatoms. The second-order valence-electron chi connectivity index (χ2n) is 5.51. The van der Waals surface area contributed by atoms with Crippen molar-refractivity contribution in [1.29, 1.82) is 0 Å². The lowest BCUT2D eigenvalue weighted by Crippen LogP contribution is -2.44. The van der Waals surface area contributed by atoms with Crippen LogP contribution in [-0.2, 0) is 19.2 Å². The van der Waals surface area contributed by atoms with Gasteiger partial charge in [0, 0.05) is 25.4 Å². The summed E-state index contributed by atoms with van der Waals surface area (Å²) < 4.78 is 0. The van der Waals surface area contributed by atoms with Crippen LogP contribution in [0.15, 0.2) is 0 Å². The number of nitrogens with one attached hydrogen (secondary N) is 1. The van der Waals surface area contributed by atoms with Gasteiger partial charge in [0.25, 0.3) is 0 Å². The Hall–Kier alpha value is -2.12. The molecule has 1 saturated carbocycles. The lowest BCUT2D eigenvalue weighted by Gasteiger charge is -2.17. The molecule has 1 unspecified atom stereocenters. The molecule has 0 aromatic carbocycles. The van der Waals surface area contributed by atoms with E-state index in [2.05, 4.69) is 5.32 Å². The third-order valence-corrected chi connectivity index (χ3v) is 3.78. The highest BCUT2D eigenvalue weighted by Crippen LogP contribution is 2.32. The average molecular weight is 298 g/mol. The molecule has 1 aliphatic carbocycles. The number of aliphatic carboxylic acids is 2. The van der Waals surface area contributed by atoms with Crippen LogP contribution in [0.4, 0.5) is 0 Å². The van der Waals surface area contributed by atoms with E-state index in [4.69, 9.17) is 10.2 Å². The van der Waals surface area contributed by atoms with Gasteiger partial charge in [0.15, 0.2) is 0 Å². The molecule has 8 nitrogen and oxygen atoms in total. The molecule has 21 heavy (non-hydrogen) atoms. The number of carbonyl (C=O) groups is 4. The molecule has 2 amide bonds. The van der Waals surface area contributed by atoms with Gasteiger partial charge in [-0.25, -0.2) is 4.79 Å². The van der Waals surface area contributed by atoms with Crippen LogP contribution in [0.5, 0.6) is 0 Å². The van der Waals surface area contributed by atoms with Crippen molar-refractivity contribution in [2.75, 3.05) is 6.54 Å². The van der Waals surface area contributed by atoms with Crippen molar-refractivity contribution in [3.8, 4) is 0 Å². The van der Waals surface area contributed by atoms with Crippen LogP contribution in [0.2, 0.25) is 0 Å². The van der Waals surface area contributed by atoms with E-state index in [1.165, 1.54) is 0 Å². The van der Waals surface area contributed by atoms with Crippen molar-refractivity contribution in [3.05, 3.63) is 0 Å². The van der Waals surface area contributed by atoms with Gasteiger partial charge in [0.2, 0.25) is 11.8 Å². The summed E-state index contributed by atoms with van der Waals surface area (Å²) >= 11 is 0. The maximum atomic E-state index is 12.0. The van der Waals surface area contributed by atoms with Gasteiger partial charge in [-0.3, -0.25) is 14.4 Å². The zero-order valence-electron chi connectivity index (χ0n) is 11.4. The normalized spacial score (nSPS) is 23.0. The lowest BCUT2D eigenvalue weighted by atomic mass is 10.1. The first kappa shape index (κ1) is 15.3. The lowest BCUT2D eigenvalue weighted by molar-refractivity contribution is -0.143. The van der Waals surface area contributed by atoms with Crippen molar-refractivity contribution in [2.24, 2.45) is 5.92 Å². The third kappa shape index (κ3) is 3.93. The minimum Gasteiger partial charge on any atom is -0.481 e. The molecule has 2 aliphatic rings. The number of hydrogen-bond donors (Lipinski definition) is 3. The summed E-state index contributed by atoms with van der Waals surface area (Å²) in [5.74, 6) is -3.51. The highest BCUT2D eigenvalue weighted by molar-refractivity contribution is 5.91. The first-order chi connectivity index (χ1) is 9.88. The fourth-order valence-corrected chi connectivity index (χ4v) is 2.46. The molecule has 2 atom stereocenters. The van der Waals surface area contributed by atoms with E-state index in [0.717, 1.165) is 12.8 Å². The Labute approximate surface area is 121 Å². The fourth-order valence-electron chi connectivity index (χ4n) is 2.46. The van der Waals surface area contributed by atoms with Crippen LogP contribution in [-0.4, -0.2) is 57.5 Å². The minimum atomic E-state index is -1.27. The molecule has 0 spiro atoms. The monoisotopic (exact) mass is 298 g/mol. The summed E-state index contributed by atoms with van der Waals surface area (Å²) in [6.07, 6.45) is 1.49. The van der Waals surface area contributed by atoms with E-state index >= 15 is 0 Å². The Morgan fingerprint density at radius 1 is 1.29 bits per heavy atom. The van der Waals surface area contributed by atoms with Gasteiger partial charge in [-0.15, -0.1) is 0 Å². The number of rotatable bonds is 7. The Morgan fingerprint density at radius 2 is 1.95 bits per heavy atom. The molecule has 2 fully saturated rings. The van der Waals surface area contributed by atoms with Crippen molar-refractivity contribution >= 4 is 23.8 Å². The van der Waals surface area contributed by atoms with Gasteiger partial charge < -0.3 is 20.4 Å². The number of amides is 2. The smallest absolute Gasteiger partial charge is 0.326 e. The summed E-state index contributed by atoms with van der Waals surface area (Å²) in [5.41, 5.74) is 0. The molecule has 0 aromatic heterocycles. The summed E-state index contributed by atoms with van der Waals surface area (Å²) in [5, 5.41) is 19.9. The van der Waals surface area contributed by atoms with Crippen molar-refractivity contribution < 1.29 is 29.4 Å². The topological polar surface area (TPSA) is 124 Å². The summed E-state index contributed by atoms with van der Waals surface area (Å²) in [6, 6.07) is -1.00. The molecule has 0 radical (unpaired) electrons. The molecule has 1 heterocycles. The highest BCUT2D eigenvalue weighted by Gasteiger charge is 2.42. The molecular formula is C13H18N2O6. The van der Waals surface area contributed by atoms with E-state index < -0.39 is 29.8 Å². The molecular weight excluding hydrogens is 280 g/mol. The highest BCUT2D eigenvalue weighted by atomic mass is 16.4. The summed E-state index contributed by atoms with van der Waals surface area (Å²) in [7, 11) is 0. The largest absolute Gasteiger partial charge is 0.481 e. The van der Waals surface area contributed by atoms with E-state index in [-0.39, 0.29) is 31.2 Å². The SMILES string of the molecule is O=C(O)CC[C@H](NC(=O)C1CC(=O)N(C2CC2)C1)C(=O)O. The van der Waals surface area contributed by atoms with Crippen molar-refractivity contribution in [1.82, 2.24) is 10.2 Å². The van der Waals surface area contributed by atoms with Gasteiger partial charge in [0.05, 0.1) is 5.92 Å². The maximum absolute atomic E-state index is 12.0. The second kappa shape index (κ2) is 6.11. The van der Waals surface area contributed by atoms with Gasteiger partial charge in [-0.1, -0.05) is 0 Å². The predicted molar refractivity (Wildman–Crippen MR) is 69.3 cm³/mol. The maximum Gasteiger partial charge on any atom is 0.326 e. The van der Waals surface area contributed by atoms with Gasteiger partial charge >= 0.3 is 11.9 Å².